The quantitative estimate of drug-likeness (QED) is 0.913. The molecule has 1 aliphatic rings. The Bertz CT molecular complexity index is 428. The second-order valence-corrected chi connectivity index (χ2v) is 6.34. The summed E-state index contributed by atoms with van der Waals surface area (Å²) in [7, 11) is 2.16. The molecule has 2 rings (SSSR count). The summed E-state index contributed by atoms with van der Waals surface area (Å²) in [5, 5.41) is 3.58. The zero-order chi connectivity index (χ0) is 13.9. The highest BCUT2D eigenvalue weighted by molar-refractivity contribution is 6.30. The maximum Gasteiger partial charge on any atom is 0.146 e. The second kappa shape index (κ2) is 6.21. The smallest absolute Gasteiger partial charge is 0.146 e. The van der Waals surface area contributed by atoms with E-state index in [0.29, 0.717) is 17.5 Å². The first-order valence-corrected chi connectivity index (χ1v) is 7.20. The molecule has 1 aromatic carbocycles. The SMILES string of the molecule is CN1CCC(C)(CNCc2cccc(Cl)c2F)CC1. The number of nitrogens with zero attached hydrogens (tertiary/aromatic N) is 1. The van der Waals surface area contributed by atoms with E-state index in [2.05, 4.69) is 24.2 Å². The molecule has 0 saturated carbocycles. The number of likely N-dealkylation sites (tertiary alicyclic amines) is 1. The summed E-state index contributed by atoms with van der Waals surface area (Å²) >= 11 is 5.78. The van der Waals surface area contributed by atoms with Gasteiger partial charge in [-0.25, -0.2) is 4.39 Å². The van der Waals surface area contributed by atoms with E-state index >= 15 is 0 Å². The first-order chi connectivity index (χ1) is 9.00. The Kier molecular flexibility index (Phi) is 4.82. The summed E-state index contributed by atoms with van der Waals surface area (Å²) < 4.78 is 13.7. The number of hydrogen-bond acceptors (Lipinski definition) is 2. The van der Waals surface area contributed by atoms with Crippen LogP contribution in [-0.2, 0) is 6.54 Å². The van der Waals surface area contributed by atoms with Gasteiger partial charge in [-0.3, -0.25) is 0 Å². The molecule has 1 aromatic rings. The minimum Gasteiger partial charge on any atom is -0.312 e. The van der Waals surface area contributed by atoms with Gasteiger partial charge >= 0.3 is 0 Å². The molecule has 2 nitrogen and oxygen atoms in total. The third-order valence-corrected chi connectivity index (χ3v) is 4.38. The lowest BCUT2D eigenvalue weighted by Gasteiger charge is -2.38. The molecule has 0 radical (unpaired) electrons. The van der Waals surface area contributed by atoms with Crippen molar-refractivity contribution >= 4 is 11.6 Å². The molecule has 19 heavy (non-hydrogen) atoms. The van der Waals surface area contributed by atoms with Crippen LogP contribution in [0.4, 0.5) is 4.39 Å². The molecule has 0 aliphatic carbocycles. The lowest BCUT2D eigenvalue weighted by atomic mass is 9.80. The van der Waals surface area contributed by atoms with E-state index in [-0.39, 0.29) is 10.8 Å². The molecule has 1 fully saturated rings. The molecule has 0 amide bonds. The van der Waals surface area contributed by atoms with Crippen LogP contribution in [0.2, 0.25) is 5.02 Å². The number of hydrogen-bond donors (Lipinski definition) is 1. The Morgan fingerprint density at radius 2 is 2.05 bits per heavy atom. The van der Waals surface area contributed by atoms with E-state index in [9.17, 15) is 4.39 Å². The molecule has 0 aromatic heterocycles. The molecule has 4 heteroatoms. The molecule has 0 unspecified atom stereocenters. The highest BCUT2D eigenvalue weighted by Crippen LogP contribution is 2.29. The number of rotatable bonds is 4. The minimum absolute atomic E-state index is 0.199. The molecule has 106 valence electrons. The van der Waals surface area contributed by atoms with E-state index in [1.165, 1.54) is 12.8 Å². The highest BCUT2D eigenvalue weighted by Gasteiger charge is 2.28. The van der Waals surface area contributed by atoms with Crippen LogP contribution in [-0.4, -0.2) is 31.6 Å². The number of piperidine rings is 1. The van der Waals surface area contributed by atoms with E-state index in [4.69, 9.17) is 11.6 Å². The average Bonchev–Trinajstić information content (AvgIpc) is 2.39. The third-order valence-electron chi connectivity index (χ3n) is 4.09. The van der Waals surface area contributed by atoms with Gasteiger partial charge in [0.15, 0.2) is 0 Å². The highest BCUT2D eigenvalue weighted by atomic mass is 35.5. The maximum absolute atomic E-state index is 13.7. The van der Waals surface area contributed by atoms with Crippen LogP contribution >= 0.6 is 11.6 Å². The van der Waals surface area contributed by atoms with Crippen molar-refractivity contribution in [1.82, 2.24) is 10.2 Å². The average molecular weight is 285 g/mol. The van der Waals surface area contributed by atoms with Crippen molar-refractivity contribution in [2.75, 3.05) is 26.7 Å². The van der Waals surface area contributed by atoms with Crippen LogP contribution in [0.3, 0.4) is 0 Å². The van der Waals surface area contributed by atoms with Crippen LogP contribution in [0.15, 0.2) is 18.2 Å². The molecular formula is C15H22ClFN2. The fourth-order valence-corrected chi connectivity index (χ4v) is 2.71. The molecule has 1 heterocycles. The van der Waals surface area contributed by atoms with Crippen LogP contribution in [0, 0.1) is 11.2 Å². The number of benzene rings is 1. The van der Waals surface area contributed by atoms with Gasteiger partial charge in [0.1, 0.15) is 5.82 Å². The fourth-order valence-electron chi connectivity index (χ4n) is 2.52. The molecule has 0 spiro atoms. The van der Waals surface area contributed by atoms with Crippen molar-refractivity contribution < 1.29 is 4.39 Å². The largest absolute Gasteiger partial charge is 0.312 e. The zero-order valence-corrected chi connectivity index (χ0v) is 12.4. The van der Waals surface area contributed by atoms with Gasteiger partial charge in [-0.05, 0) is 44.5 Å². The third kappa shape index (κ3) is 3.91. The number of nitrogens with one attached hydrogen (secondary N) is 1. The Balaban J connectivity index is 1.85. The van der Waals surface area contributed by atoms with Gasteiger partial charge in [0.2, 0.25) is 0 Å². The van der Waals surface area contributed by atoms with Crippen molar-refractivity contribution in [2.45, 2.75) is 26.3 Å². The Hall–Kier alpha value is -0.640. The van der Waals surface area contributed by atoms with Crippen LogP contribution < -0.4 is 5.32 Å². The summed E-state index contributed by atoms with van der Waals surface area (Å²) in [5.74, 6) is -0.301. The van der Waals surface area contributed by atoms with Gasteiger partial charge in [-0.1, -0.05) is 30.7 Å². The normalized spacial score (nSPS) is 19.6. The standard InChI is InChI=1S/C15H22ClFN2/c1-15(6-8-19(2)9-7-15)11-18-10-12-4-3-5-13(16)14(12)17/h3-5,18H,6-11H2,1-2H3. The van der Waals surface area contributed by atoms with Gasteiger partial charge < -0.3 is 10.2 Å². The first kappa shape index (κ1) is 14.8. The number of halogens is 2. The molecule has 1 saturated heterocycles. The van der Waals surface area contributed by atoms with Gasteiger partial charge in [-0.2, -0.15) is 0 Å². The predicted octanol–water partition coefficient (Wildman–Crippen LogP) is 3.30. The Labute approximate surface area is 119 Å². The van der Waals surface area contributed by atoms with Gasteiger partial charge in [0.25, 0.3) is 0 Å². The summed E-state index contributed by atoms with van der Waals surface area (Å²) in [6, 6.07) is 5.16. The summed E-state index contributed by atoms with van der Waals surface area (Å²) in [5.41, 5.74) is 0.964. The van der Waals surface area contributed by atoms with Crippen LogP contribution in [0.5, 0.6) is 0 Å². The van der Waals surface area contributed by atoms with E-state index in [1.54, 1.807) is 18.2 Å². The maximum atomic E-state index is 13.7. The van der Waals surface area contributed by atoms with Crippen LogP contribution in [0.25, 0.3) is 0 Å². The molecule has 1 N–H and O–H groups in total. The lowest BCUT2D eigenvalue weighted by molar-refractivity contribution is 0.136. The fraction of sp³-hybridized carbons (Fsp3) is 0.600. The van der Waals surface area contributed by atoms with Crippen molar-refractivity contribution in [2.24, 2.45) is 5.41 Å². The topological polar surface area (TPSA) is 15.3 Å². The monoisotopic (exact) mass is 284 g/mol. The van der Waals surface area contributed by atoms with E-state index < -0.39 is 0 Å². The summed E-state index contributed by atoms with van der Waals surface area (Å²) in [4.78, 5) is 2.36. The predicted molar refractivity (Wildman–Crippen MR) is 78.0 cm³/mol. The Morgan fingerprint density at radius 1 is 1.37 bits per heavy atom. The van der Waals surface area contributed by atoms with Crippen molar-refractivity contribution in [3.05, 3.63) is 34.6 Å². The van der Waals surface area contributed by atoms with E-state index in [1.807, 2.05) is 0 Å². The van der Waals surface area contributed by atoms with Crippen molar-refractivity contribution in [1.29, 1.82) is 0 Å². The molecular weight excluding hydrogens is 263 g/mol. The molecule has 0 atom stereocenters. The molecule has 0 bridgehead atoms. The van der Waals surface area contributed by atoms with Crippen molar-refractivity contribution in [3.63, 3.8) is 0 Å². The molecule has 1 aliphatic heterocycles. The summed E-state index contributed by atoms with van der Waals surface area (Å²) in [6.45, 7) is 6.05. The van der Waals surface area contributed by atoms with E-state index in [0.717, 1.165) is 19.6 Å². The van der Waals surface area contributed by atoms with Gasteiger partial charge in [0.05, 0.1) is 5.02 Å². The zero-order valence-electron chi connectivity index (χ0n) is 11.7. The first-order valence-electron chi connectivity index (χ1n) is 6.82. The van der Waals surface area contributed by atoms with Crippen LogP contribution in [0.1, 0.15) is 25.3 Å². The lowest BCUT2D eigenvalue weighted by Crippen LogP contribution is -2.41. The second-order valence-electron chi connectivity index (χ2n) is 5.93. The van der Waals surface area contributed by atoms with Crippen molar-refractivity contribution in [3.8, 4) is 0 Å². The Morgan fingerprint density at radius 3 is 2.74 bits per heavy atom. The van der Waals surface area contributed by atoms with Gasteiger partial charge in [0, 0.05) is 18.7 Å². The van der Waals surface area contributed by atoms with Gasteiger partial charge in [-0.15, -0.1) is 0 Å². The minimum atomic E-state index is -0.301. The summed E-state index contributed by atoms with van der Waals surface area (Å²) in [6.07, 6.45) is 2.38.